The molecule has 0 amide bonds. The minimum absolute atomic E-state index is 0.0315. The van der Waals surface area contributed by atoms with Crippen LogP contribution in [0.15, 0.2) is 11.6 Å². The number of hydrogen-bond acceptors (Lipinski definition) is 3. The highest BCUT2D eigenvalue weighted by Crippen LogP contribution is 2.55. The third-order valence-electron chi connectivity index (χ3n) is 2.48. The SMILES string of the molecule is CC(C)=CCC[C@H](C)CCOP(=O)(O)CP(=O)(O)O. The van der Waals surface area contributed by atoms with Crippen LogP contribution in [-0.2, 0) is 13.7 Å². The summed E-state index contributed by atoms with van der Waals surface area (Å²) in [7, 11) is -8.71. The lowest BCUT2D eigenvalue weighted by molar-refractivity contribution is 0.239. The summed E-state index contributed by atoms with van der Waals surface area (Å²) in [6, 6.07) is 0. The molecular weight excluding hydrogens is 290 g/mol. The van der Waals surface area contributed by atoms with Gasteiger partial charge in [-0.3, -0.25) is 9.13 Å². The molecule has 0 rings (SSSR count). The Kier molecular flexibility index (Phi) is 8.37. The van der Waals surface area contributed by atoms with Crippen LogP contribution >= 0.6 is 15.2 Å². The first-order valence-corrected chi connectivity index (χ1v) is 9.72. The van der Waals surface area contributed by atoms with Crippen molar-refractivity contribution in [2.75, 3.05) is 12.5 Å². The highest BCUT2D eigenvalue weighted by Gasteiger charge is 2.30. The molecule has 0 aromatic heterocycles. The molecule has 114 valence electrons. The molecule has 2 atom stereocenters. The number of hydrogen-bond donors (Lipinski definition) is 3. The van der Waals surface area contributed by atoms with Gasteiger partial charge in [0.25, 0.3) is 0 Å². The molecule has 0 saturated heterocycles. The van der Waals surface area contributed by atoms with Gasteiger partial charge in [0.15, 0.2) is 5.90 Å². The molecule has 0 heterocycles. The summed E-state index contributed by atoms with van der Waals surface area (Å²) in [5.74, 6) is -0.794. The summed E-state index contributed by atoms with van der Waals surface area (Å²) >= 11 is 0. The second kappa shape index (κ2) is 8.35. The lowest BCUT2D eigenvalue weighted by atomic mass is 10.0. The van der Waals surface area contributed by atoms with Crippen molar-refractivity contribution in [3.8, 4) is 0 Å². The first-order chi connectivity index (χ1) is 8.52. The fourth-order valence-electron chi connectivity index (χ4n) is 1.47. The van der Waals surface area contributed by atoms with E-state index in [1.54, 1.807) is 0 Å². The molecule has 0 bridgehead atoms. The van der Waals surface area contributed by atoms with Crippen molar-refractivity contribution in [1.82, 2.24) is 0 Å². The smallest absolute Gasteiger partial charge is 0.324 e. The zero-order chi connectivity index (χ0) is 15.1. The second-order valence-corrected chi connectivity index (χ2v) is 9.02. The minimum atomic E-state index is -4.53. The zero-order valence-corrected chi connectivity index (χ0v) is 13.4. The van der Waals surface area contributed by atoms with E-state index in [9.17, 15) is 14.0 Å². The lowest BCUT2D eigenvalue weighted by Gasteiger charge is -2.15. The minimum Gasteiger partial charge on any atom is -0.324 e. The first-order valence-electron chi connectivity index (χ1n) is 6.16. The van der Waals surface area contributed by atoms with Crippen LogP contribution in [0.25, 0.3) is 0 Å². The summed E-state index contributed by atoms with van der Waals surface area (Å²) in [6.45, 7) is 6.09. The quantitative estimate of drug-likeness (QED) is 0.446. The van der Waals surface area contributed by atoms with Crippen LogP contribution < -0.4 is 0 Å². The van der Waals surface area contributed by atoms with E-state index in [1.807, 2.05) is 20.8 Å². The van der Waals surface area contributed by atoms with Gasteiger partial charge in [-0.2, -0.15) is 0 Å². The molecular formula is C11H24O6P2. The molecule has 0 spiro atoms. The van der Waals surface area contributed by atoms with E-state index in [1.165, 1.54) is 5.57 Å². The van der Waals surface area contributed by atoms with Gasteiger partial charge in [0.2, 0.25) is 0 Å². The van der Waals surface area contributed by atoms with E-state index in [-0.39, 0.29) is 6.61 Å². The normalized spacial score (nSPS) is 16.7. The van der Waals surface area contributed by atoms with Gasteiger partial charge in [0, 0.05) is 0 Å². The van der Waals surface area contributed by atoms with E-state index in [4.69, 9.17) is 14.3 Å². The Bertz CT molecular complexity index is 383. The Morgan fingerprint density at radius 2 is 1.79 bits per heavy atom. The zero-order valence-electron chi connectivity index (χ0n) is 11.7. The molecule has 0 fully saturated rings. The van der Waals surface area contributed by atoms with Crippen molar-refractivity contribution in [3.05, 3.63) is 11.6 Å². The van der Waals surface area contributed by atoms with Gasteiger partial charge in [0.1, 0.15) is 0 Å². The Labute approximate surface area is 114 Å². The van der Waals surface area contributed by atoms with Crippen molar-refractivity contribution in [2.45, 2.75) is 40.0 Å². The van der Waals surface area contributed by atoms with E-state index in [0.717, 1.165) is 12.8 Å². The molecule has 0 radical (unpaired) electrons. The first kappa shape index (κ1) is 19.0. The molecule has 0 aliphatic carbocycles. The van der Waals surface area contributed by atoms with Gasteiger partial charge >= 0.3 is 15.2 Å². The fourth-order valence-corrected chi connectivity index (χ4v) is 4.05. The standard InChI is InChI=1S/C11H24O6P2/c1-10(2)5-4-6-11(3)7-8-17-19(15,16)9-18(12,13)14/h5,11H,4,6-9H2,1-3H3,(H,15,16)(H2,12,13,14)/t11-/m0/s1. The molecule has 3 N–H and O–H groups in total. The van der Waals surface area contributed by atoms with E-state index >= 15 is 0 Å². The fraction of sp³-hybridized carbons (Fsp3) is 0.818. The van der Waals surface area contributed by atoms with Crippen LogP contribution in [0.1, 0.15) is 40.0 Å². The summed E-state index contributed by atoms with van der Waals surface area (Å²) in [5, 5.41) is 0. The maximum atomic E-state index is 11.3. The highest BCUT2D eigenvalue weighted by molar-refractivity contribution is 7.70. The summed E-state index contributed by atoms with van der Waals surface area (Å²) < 4.78 is 26.7. The van der Waals surface area contributed by atoms with E-state index in [2.05, 4.69) is 6.08 Å². The number of allylic oxidation sites excluding steroid dienone is 2. The van der Waals surface area contributed by atoms with Gasteiger partial charge in [0.05, 0.1) is 6.61 Å². The Morgan fingerprint density at radius 3 is 2.26 bits per heavy atom. The van der Waals surface area contributed by atoms with Gasteiger partial charge in [-0.25, -0.2) is 0 Å². The Hall–Kier alpha value is 0.0400. The summed E-state index contributed by atoms with van der Waals surface area (Å²) in [4.78, 5) is 26.5. The maximum absolute atomic E-state index is 11.3. The molecule has 19 heavy (non-hydrogen) atoms. The topological polar surface area (TPSA) is 104 Å². The summed E-state index contributed by atoms with van der Waals surface area (Å²) in [6.07, 6.45) is 4.61. The van der Waals surface area contributed by atoms with Gasteiger partial charge in [-0.15, -0.1) is 0 Å². The molecule has 1 unspecified atom stereocenters. The van der Waals surface area contributed by atoms with Crippen molar-refractivity contribution in [2.24, 2.45) is 5.92 Å². The van der Waals surface area contributed by atoms with Crippen molar-refractivity contribution < 1.29 is 28.3 Å². The maximum Gasteiger partial charge on any atom is 0.340 e. The van der Waals surface area contributed by atoms with Crippen molar-refractivity contribution in [3.63, 3.8) is 0 Å². The molecule has 0 aliphatic heterocycles. The van der Waals surface area contributed by atoms with Crippen LogP contribution in [0.4, 0.5) is 0 Å². The van der Waals surface area contributed by atoms with Crippen molar-refractivity contribution in [1.29, 1.82) is 0 Å². The van der Waals surface area contributed by atoms with Crippen LogP contribution in [0.3, 0.4) is 0 Å². The molecule has 0 aromatic rings. The molecule has 8 heteroatoms. The Morgan fingerprint density at radius 1 is 1.21 bits per heavy atom. The van der Waals surface area contributed by atoms with Gasteiger partial charge < -0.3 is 19.2 Å². The predicted octanol–water partition coefficient (Wildman–Crippen LogP) is 3.10. The van der Waals surface area contributed by atoms with Crippen LogP contribution in [0, 0.1) is 5.92 Å². The third kappa shape index (κ3) is 12.8. The average molecular weight is 314 g/mol. The van der Waals surface area contributed by atoms with E-state index in [0.29, 0.717) is 12.3 Å². The van der Waals surface area contributed by atoms with Gasteiger partial charge in [-0.1, -0.05) is 18.6 Å². The summed E-state index contributed by atoms with van der Waals surface area (Å²) in [5.41, 5.74) is 1.25. The van der Waals surface area contributed by atoms with Gasteiger partial charge in [-0.05, 0) is 39.0 Å². The van der Waals surface area contributed by atoms with E-state index < -0.39 is 21.1 Å². The highest BCUT2D eigenvalue weighted by atomic mass is 31.2. The number of rotatable bonds is 9. The molecule has 0 aliphatic rings. The average Bonchev–Trinajstić information content (AvgIpc) is 2.12. The monoisotopic (exact) mass is 314 g/mol. The van der Waals surface area contributed by atoms with Crippen LogP contribution in [-0.4, -0.2) is 27.2 Å². The predicted molar refractivity (Wildman–Crippen MR) is 75.1 cm³/mol. The van der Waals surface area contributed by atoms with Crippen molar-refractivity contribution >= 4 is 15.2 Å². The second-order valence-electron chi connectivity index (χ2n) is 5.03. The third-order valence-corrected chi connectivity index (χ3v) is 5.97. The lowest BCUT2D eigenvalue weighted by Crippen LogP contribution is -2.03. The van der Waals surface area contributed by atoms with Crippen LogP contribution in [0.2, 0.25) is 0 Å². The molecule has 6 nitrogen and oxygen atoms in total. The Balaban J connectivity index is 3.93. The largest absolute Gasteiger partial charge is 0.340 e. The molecule has 0 aromatic carbocycles. The van der Waals surface area contributed by atoms with Crippen LogP contribution in [0.5, 0.6) is 0 Å². The molecule has 0 saturated carbocycles.